The molecule has 108 valence electrons. The van der Waals surface area contributed by atoms with E-state index in [4.69, 9.17) is 4.74 Å². The number of rotatable bonds is 5. The summed E-state index contributed by atoms with van der Waals surface area (Å²) in [6.45, 7) is 9.11. The second-order valence-corrected chi connectivity index (χ2v) is 5.41. The molecule has 0 aliphatic carbocycles. The van der Waals surface area contributed by atoms with Gasteiger partial charge in [-0.15, -0.1) is 0 Å². The molecule has 4 nitrogen and oxygen atoms in total. The van der Waals surface area contributed by atoms with Gasteiger partial charge in [0.25, 0.3) is 0 Å². The van der Waals surface area contributed by atoms with E-state index in [0.29, 0.717) is 6.04 Å². The lowest BCUT2D eigenvalue weighted by Gasteiger charge is -2.10. The fourth-order valence-electron chi connectivity index (χ4n) is 2.06. The molecule has 0 amide bonds. The zero-order valence-electron chi connectivity index (χ0n) is 12.9. The van der Waals surface area contributed by atoms with Crippen LogP contribution in [-0.4, -0.2) is 15.8 Å². The van der Waals surface area contributed by atoms with Crippen LogP contribution in [0.2, 0.25) is 0 Å². The summed E-state index contributed by atoms with van der Waals surface area (Å²) in [5.41, 5.74) is 3.17. The highest BCUT2D eigenvalue weighted by molar-refractivity contribution is 5.38. The predicted molar refractivity (Wildman–Crippen MR) is 81.2 cm³/mol. The summed E-state index contributed by atoms with van der Waals surface area (Å²) in [6.07, 6.45) is 0. The van der Waals surface area contributed by atoms with Crippen LogP contribution in [0.25, 0.3) is 0 Å². The minimum Gasteiger partial charge on any atom is -0.453 e. The molecular weight excluding hydrogens is 250 g/mol. The zero-order chi connectivity index (χ0) is 14.7. The number of aryl methyl sites for hydroxylation is 2. The van der Waals surface area contributed by atoms with Crippen molar-refractivity contribution in [3.05, 3.63) is 41.2 Å². The van der Waals surface area contributed by atoms with Gasteiger partial charge in [0.2, 0.25) is 0 Å². The number of aromatic nitrogens is 2. The van der Waals surface area contributed by atoms with E-state index in [1.165, 1.54) is 5.56 Å². The van der Waals surface area contributed by atoms with E-state index in [-0.39, 0.29) is 0 Å². The molecule has 0 unspecified atom stereocenters. The monoisotopic (exact) mass is 273 g/mol. The van der Waals surface area contributed by atoms with Gasteiger partial charge in [0, 0.05) is 19.6 Å². The zero-order valence-corrected chi connectivity index (χ0v) is 12.9. The van der Waals surface area contributed by atoms with Gasteiger partial charge < -0.3 is 10.1 Å². The van der Waals surface area contributed by atoms with Crippen LogP contribution < -0.4 is 10.1 Å². The maximum atomic E-state index is 6.00. The van der Waals surface area contributed by atoms with Gasteiger partial charge in [-0.25, -0.2) is 0 Å². The number of nitrogens with zero attached hydrogens (tertiary/aromatic N) is 2. The molecule has 4 heteroatoms. The molecular formula is C16H23N3O. The highest BCUT2D eigenvalue weighted by Gasteiger charge is 2.11. The first kappa shape index (κ1) is 14.6. The molecule has 1 aromatic carbocycles. The second kappa shape index (κ2) is 6.09. The summed E-state index contributed by atoms with van der Waals surface area (Å²) < 4.78 is 7.84. The Hall–Kier alpha value is -1.81. The summed E-state index contributed by atoms with van der Waals surface area (Å²) in [6, 6.07) is 8.65. The first-order valence-corrected chi connectivity index (χ1v) is 6.97. The van der Waals surface area contributed by atoms with Crippen molar-refractivity contribution in [3.63, 3.8) is 0 Å². The van der Waals surface area contributed by atoms with E-state index in [1.54, 1.807) is 0 Å². The first-order chi connectivity index (χ1) is 9.47. The average Bonchev–Trinajstić information content (AvgIpc) is 2.64. The fourth-order valence-corrected chi connectivity index (χ4v) is 2.06. The first-order valence-electron chi connectivity index (χ1n) is 6.97. The highest BCUT2D eigenvalue weighted by atomic mass is 16.5. The van der Waals surface area contributed by atoms with E-state index in [9.17, 15) is 0 Å². The van der Waals surface area contributed by atoms with E-state index >= 15 is 0 Å². The van der Waals surface area contributed by atoms with Crippen LogP contribution in [-0.2, 0) is 13.6 Å². The van der Waals surface area contributed by atoms with Gasteiger partial charge in [0.05, 0.1) is 5.69 Å². The van der Waals surface area contributed by atoms with Crippen LogP contribution in [0.15, 0.2) is 24.3 Å². The third kappa shape index (κ3) is 3.39. The Balaban J connectivity index is 2.15. The lowest BCUT2D eigenvalue weighted by Crippen LogP contribution is -2.21. The Labute approximate surface area is 120 Å². The number of hydrogen-bond donors (Lipinski definition) is 1. The van der Waals surface area contributed by atoms with Gasteiger partial charge in [0.15, 0.2) is 5.75 Å². The Morgan fingerprint density at radius 2 is 2.05 bits per heavy atom. The van der Waals surface area contributed by atoms with E-state index in [1.807, 2.05) is 37.7 Å². The van der Waals surface area contributed by atoms with Gasteiger partial charge in [-0.2, -0.15) is 5.10 Å². The lowest BCUT2D eigenvalue weighted by atomic mass is 10.2. The molecule has 1 N–H and O–H groups in total. The average molecular weight is 273 g/mol. The largest absolute Gasteiger partial charge is 0.453 e. The molecule has 2 aromatic rings. The van der Waals surface area contributed by atoms with Gasteiger partial charge in [-0.1, -0.05) is 26.0 Å². The van der Waals surface area contributed by atoms with Gasteiger partial charge in [-0.05, 0) is 31.5 Å². The van der Waals surface area contributed by atoms with Crippen molar-refractivity contribution in [2.24, 2.45) is 7.05 Å². The Morgan fingerprint density at radius 1 is 1.30 bits per heavy atom. The van der Waals surface area contributed by atoms with Gasteiger partial charge in [-0.3, -0.25) is 4.68 Å². The van der Waals surface area contributed by atoms with Crippen LogP contribution >= 0.6 is 0 Å². The van der Waals surface area contributed by atoms with Crippen LogP contribution in [0.3, 0.4) is 0 Å². The van der Waals surface area contributed by atoms with Crippen molar-refractivity contribution in [3.8, 4) is 11.5 Å². The van der Waals surface area contributed by atoms with Crippen molar-refractivity contribution in [2.45, 2.75) is 40.3 Å². The molecule has 0 fully saturated rings. The van der Waals surface area contributed by atoms with Gasteiger partial charge >= 0.3 is 0 Å². The maximum Gasteiger partial charge on any atom is 0.171 e. The van der Waals surface area contributed by atoms with Crippen LogP contribution in [0, 0.1) is 13.8 Å². The quantitative estimate of drug-likeness (QED) is 0.908. The van der Waals surface area contributed by atoms with Crippen molar-refractivity contribution in [1.29, 1.82) is 0 Å². The number of benzene rings is 1. The topological polar surface area (TPSA) is 39.1 Å². The molecule has 0 bridgehead atoms. The highest BCUT2D eigenvalue weighted by Crippen LogP contribution is 2.28. The maximum absolute atomic E-state index is 6.00. The van der Waals surface area contributed by atoms with Gasteiger partial charge in [0.1, 0.15) is 11.4 Å². The molecule has 0 radical (unpaired) electrons. The molecule has 1 aromatic heterocycles. The van der Waals surface area contributed by atoms with Crippen LogP contribution in [0.1, 0.15) is 30.8 Å². The minimum atomic E-state index is 0.474. The number of nitrogens with one attached hydrogen (secondary N) is 1. The van der Waals surface area contributed by atoms with Crippen molar-refractivity contribution >= 4 is 0 Å². The third-order valence-electron chi connectivity index (χ3n) is 3.28. The fraction of sp³-hybridized carbons (Fsp3) is 0.438. The van der Waals surface area contributed by atoms with E-state index in [2.05, 4.69) is 36.4 Å². The molecule has 0 saturated carbocycles. The van der Waals surface area contributed by atoms with Crippen molar-refractivity contribution < 1.29 is 4.74 Å². The minimum absolute atomic E-state index is 0.474. The van der Waals surface area contributed by atoms with Crippen molar-refractivity contribution in [2.75, 3.05) is 0 Å². The SMILES string of the molecule is Cc1nn(C)c(C)c1Oc1cccc(CNC(C)C)c1. The third-order valence-corrected chi connectivity index (χ3v) is 3.28. The Morgan fingerprint density at radius 3 is 2.65 bits per heavy atom. The van der Waals surface area contributed by atoms with Crippen LogP contribution in [0.4, 0.5) is 0 Å². The smallest absolute Gasteiger partial charge is 0.171 e. The summed E-state index contributed by atoms with van der Waals surface area (Å²) in [7, 11) is 1.93. The number of hydrogen-bond acceptors (Lipinski definition) is 3. The summed E-state index contributed by atoms with van der Waals surface area (Å²) in [5.74, 6) is 1.70. The Bertz CT molecular complexity index is 587. The second-order valence-electron chi connectivity index (χ2n) is 5.41. The molecule has 20 heavy (non-hydrogen) atoms. The molecule has 0 saturated heterocycles. The Kier molecular flexibility index (Phi) is 4.45. The normalized spacial score (nSPS) is 11.1. The molecule has 0 aliphatic rings. The van der Waals surface area contributed by atoms with E-state index in [0.717, 1.165) is 29.4 Å². The van der Waals surface area contributed by atoms with Crippen LogP contribution in [0.5, 0.6) is 11.5 Å². The molecule has 0 atom stereocenters. The molecule has 2 rings (SSSR count). The lowest BCUT2D eigenvalue weighted by molar-refractivity contribution is 0.472. The summed E-state index contributed by atoms with van der Waals surface area (Å²) >= 11 is 0. The predicted octanol–water partition coefficient (Wildman–Crippen LogP) is 3.33. The van der Waals surface area contributed by atoms with E-state index < -0.39 is 0 Å². The summed E-state index contributed by atoms with van der Waals surface area (Å²) in [4.78, 5) is 0. The summed E-state index contributed by atoms with van der Waals surface area (Å²) in [5, 5.41) is 7.78. The van der Waals surface area contributed by atoms with Crippen molar-refractivity contribution in [1.82, 2.24) is 15.1 Å². The molecule has 0 spiro atoms. The molecule has 1 heterocycles. The standard InChI is InChI=1S/C16H23N3O/c1-11(2)17-10-14-7-6-8-15(9-14)20-16-12(3)18-19(5)13(16)4/h6-9,11,17H,10H2,1-5H3. The molecule has 0 aliphatic heterocycles. The number of ether oxygens (including phenoxy) is 1.